The molecule has 3 rings (SSSR count). The Morgan fingerprint density at radius 1 is 1.21 bits per heavy atom. The first kappa shape index (κ1) is 15.8. The van der Waals surface area contributed by atoms with Gasteiger partial charge in [-0.3, -0.25) is 0 Å². The molecule has 24 heavy (non-hydrogen) atoms. The molecule has 0 bridgehead atoms. The maximum atomic E-state index is 9.31. The quantitative estimate of drug-likeness (QED) is 0.754. The molecule has 122 valence electrons. The molecule has 3 aromatic rings. The molecule has 0 amide bonds. The lowest BCUT2D eigenvalue weighted by Gasteiger charge is -2.07. The van der Waals surface area contributed by atoms with Gasteiger partial charge in [-0.05, 0) is 16.3 Å². The second-order valence-electron chi connectivity index (χ2n) is 5.32. The number of anilines is 1. The van der Waals surface area contributed by atoms with Gasteiger partial charge in [0.2, 0.25) is 0 Å². The van der Waals surface area contributed by atoms with E-state index in [1.165, 1.54) is 4.68 Å². The first-order chi connectivity index (χ1) is 11.7. The van der Waals surface area contributed by atoms with Crippen LogP contribution in [0.5, 0.6) is 5.88 Å². The van der Waals surface area contributed by atoms with E-state index in [0.29, 0.717) is 25.6 Å². The van der Waals surface area contributed by atoms with Crippen molar-refractivity contribution in [1.82, 2.24) is 9.78 Å². The fourth-order valence-corrected chi connectivity index (χ4v) is 2.57. The Balaban J connectivity index is 1.85. The number of fused-ring (bicyclic) bond motifs is 1. The lowest BCUT2D eigenvalue weighted by atomic mass is 10.1. The van der Waals surface area contributed by atoms with Crippen LogP contribution in [0.4, 0.5) is 5.82 Å². The highest BCUT2D eigenvalue weighted by Gasteiger charge is 2.17. The summed E-state index contributed by atoms with van der Waals surface area (Å²) in [5.41, 5.74) is 7.24. The van der Waals surface area contributed by atoms with Crippen molar-refractivity contribution in [2.24, 2.45) is 0 Å². The first-order valence-corrected chi connectivity index (χ1v) is 7.59. The van der Waals surface area contributed by atoms with E-state index < -0.39 is 0 Å². The normalized spacial score (nSPS) is 10.7. The zero-order valence-electron chi connectivity index (χ0n) is 13.4. The van der Waals surface area contributed by atoms with Gasteiger partial charge in [0.1, 0.15) is 18.5 Å². The van der Waals surface area contributed by atoms with Crippen LogP contribution in [-0.2, 0) is 17.9 Å². The number of methoxy groups -OCH3 is 1. The average molecular weight is 322 g/mol. The van der Waals surface area contributed by atoms with E-state index in [9.17, 15) is 5.26 Å². The number of nitrogens with two attached hydrogens (primary N) is 1. The van der Waals surface area contributed by atoms with E-state index in [1.807, 2.05) is 30.3 Å². The summed E-state index contributed by atoms with van der Waals surface area (Å²) in [4.78, 5) is 0. The lowest BCUT2D eigenvalue weighted by molar-refractivity contribution is 0.183. The van der Waals surface area contributed by atoms with Crippen molar-refractivity contribution in [2.45, 2.75) is 13.2 Å². The zero-order valence-corrected chi connectivity index (χ0v) is 13.4. The number of nitriles is 1. The van der Waals surface area contributed by atoms with Crippen LogP contribution in [0.25, 0.3) is 10.8 Å². The first-order valence-electron chi connectivity index (χ1n) is 7.59. The Morgan fingerprint density at radius 2 is 2.00 bits per heavy atom. The summed E-state index contributed by atoms with van der Waals surface area (Å²) in [5, 5.41) is 15.9. The summed E-state index contributed by atoms with van der Waals surface area (Å²) in [6.45, 7) is 1.24. The van der Waals surface area contributed by atoms with Gasteiger partial charge in [-0.25, -0.2) is 4.68 Å². The number of benzene rings is 2. The summed E-state index contributed by atoms with van der Waals surface area (Å²) in [7, 11) is 1.60. The van der Waals surface area contributed by atoms with E-state index in [0.717, 1.165) is 16.3 Å². The van der Waals surface area contributed by atoms with Crippen LogP contribution in [0.3, 0.4) is 0 Å². The summed E-state index contributed by atoms with van der Waals surface area (Å²) >= 11 is 0. The maximum Gasteiger partial charge on any atom is 0.253 e. The van der Waals surface area contributed by atoms with Crippen molar-refractivity contribution in [3.05, 3.63) is 53.6 Å². The van der Waals surface area contributed by atoms with E-state index in [1.54, 1.807) is 7.11 Å². The Labute approximate surface area is 140 Å². The molecule has 0 saturated carbocycles. The van der Waals surface area contributed by atoms with Crippen LogP contribution in [0.2, 0.25) is 0 Å². The van der Waals surface area contributed by atoms with E-state index in [-0.39, 0.29) is 11.4 Å². The van der Waals surface area contributed by atoms with Crippen LogP contribution < -0.4 is 10.5 Å². The molecular weight excluding hydrogens is 304 g/mol. The number of rotatable bonds is 6. The van der Waals surface area contributed by atoms with E-state index in [4.69, 9.17) is 15.2 Å². The van der Waals surface area contributed by atoms with Crippen molar-refractivity contribution in [3.63, 3.8) is 0 Å². The van der Waals surface area contributed by atoms with Crippen LogP contribution in [0.1, 0.15) is 11.1 Å². The Hall–Kier alpha value is -3.04. The van der Waals surface area contributed by atoms with Crippen molar-refractivity contribution < 1.29 is 9.47 Å². The number of hydrogen-bond acceptors (Lipinski definition) is 5. The fraction of sp³-hybridized carbons (Fsp3) is 0.222. The SMILES string of the molecule is COCCn1nc(OCc2cccc3ccccc23)c(C#N)c1N. The minimum atomic E-state index is 0.249. The molecule has 6 nitrogen and oxygen atoms in total. The minimum absolute atomic E-state index is 0.249. The number of aromatic nitrogens is 2. The highest BCUT2D eigenvalue weighted by molar-refractivity contribution is 5.85. The van der Waals surface area contributed by atoms with Gasteiger partial charge in [-0.2, -0.15) is 5.26 Å². The summed E-state index contributed by atoms with van der Waals surface area (Å²) in [5.74, 6) is 0.543. The standard InChI is InChI=1S/C18H18N4O2/c1-23-10-9-22-17(20)16(11-19)18(21-22)24-12-14-7-4-6-13-5-2-3-8-15(13)14/h2-8H,9-10,12,20H2,1H3. The molecule has 0 unspecified atom stereocenters. The minimum Gasteiger partial charge on any atom is -0.471 e. The molecule has 0 fully saturated rings. The molecule has 0 spiro atoms. The number of nitrogen functional groups attached to an aromatic ring is 1. The third-order valence-corrected chi connectivity index (χ3v) is 3.82. The van der Waals surface area contributed by atoms with Gasteiger partial charge >= 0.3 is 0 Å². The molecule has 0 radical (unpaired) electrons. The highest BCUT2D eigenvalue weighted by atomic mass is 16.5. The second kappa shape index (κ2) is 7.02. The van der Waals surface area contributed by atoms with Crippen LogP contribution in [-0.4, -0.2) is 23.5 Å². The maximum absolute atomic E-state index is 9.31. The summed E-state index contributed by atoms with van der Waals surface area (Å²) < 4.78 is 12.3. The monoisotopic (exact) mass is 322 g/mol. The van der Waals surface area contributed by atoms with Crippen molar-refractivity contribution in [2.75, 3.05) is 19.5 Å². The molecule has 6 heteroatoms. The predicted molar refractivity (Wildman–Crippen MR) is 91.5 cm³/mol. The van der Waals surface area contributed by atoms with Crippen LogP contribution >= 0.6 is 0 Å². The molecule has 0 aliphatic carbocycles. The molecule has 0 atom stereocenters. The smallest absolute Gasteiger partial charge is 0.253 e. The molecule has 2 aromatic carbocycles. The van der Waals surface area contributed by atoms with Gasteiger partial charge in [0.15, 0.2) is 5.56 Å². The predicted octanol–water partition coefficient (Wildman–Crippen LogP) is 2.72. The van der Waals surface area contributed by atoms with Gasteiger partial charge in [-0.15, -0.1) is 5.10 Å². The third kappa shape index (κ3) is 3.03. The molecule has 2 N–H and O–H groups in total. The Kier molecular flexibility index (Phi) is 4.64. The molecule has 0 saturated heterocycles. The van der Waals surface area contributed by atoms with Crippen molar-refractivity contribution in [3.8, 4) is 11.9 Å². The van der Waals surface area contributed by atoms with E-state index in [2.05, 4.69) is 23.3 Å². The van der Waals surface area contributed by atoms with E-state index >= 15 is 0 Å². The van der Waals surface area contributed by atoms with Crippen molar-refractivity contribution >= 4 is 16.6 Å². The second-order valence-corrected chi connectivity index (χ2v) is 5.32. The van der Waals surface area contributed by atoms with Gasteiger partial charge in [-0.1, -0.05) is 42.5 Å². The third-order valence-electron chi connectivity index (χ3n) is 3.82. The lowest BCUT2D eigenvalue weighted by Crippen LogP contribution is -2.09. The highest BCUT2D eigenvalue weighted by Crippen LogP contribution is 2.25. The molecular formula is C18H18N4O2. The summed E-state index contributed by atoms with van der Waals surface area (Å²) in [6, 6.07) is 16.2. The summed E-state index contributed by atoms with van der Waals surface area (Å²) in [6.07, 6.45) is 0. The zero-order chi connectivity index (χ0) is 16.9. The molecule has 1 heterocycles. The van der Waals surface area contributed by atoms with Gasteiger partial charge < -0.3 is 15.2 Å². The molecule has 0 aliphatic rings. The molecule has 1 aromatic heterocycles. The number of ether oxygens (including phenoxy) is 2. The van der Waals surface area contributed by atoms with Gasteiger partial charge in [0.25, 0.3) is 5.88 Å². The number of hydrogen-bond donors (Lipinski definition) is 1. The van der Waals surface area contributed by atoms with Gasteiger partial charge in [0, 0.05) is 7.11 Å². The van der Waals surface area contributed by atoms with Crippen LogP contribution in [0.15, 0.2) is 42.5 Å². The van der Waals surface area contributed by atoms with Gasteiger partial charge in [0.05, 0.1) is 13.2 Å². The topological polar surface area (TPSA) is 86.1 Å². The largest absolute Gasteiger partial charge is 0.471 e. The van der Waals surface area contributed by atoms with Crippen molar-refractivity contribution in [1.29, 1.82) is 5.26 Å². The molecule has 0 aliphatic heterocycles. The Bertz CT molecular complexity index is 890. The van der Waals surface area contributed by atoms with Crippen LogP contribution in [0, 0.1) is 11.3 Å². The average Bonchev–Trinajstić information content (AvgIpc) is 2.93. The number of nitrogens with zero attached hydrogens (tertiary/aromatic N) is 3. The Morgan fingerprint density at radius 3 is 2.79 bits per heavy atom. The fourth-order valence-electron chi connectivity index (χ4n) is 2.57.